The van der Waals surface area contributed by atoms with Crippen molar-refractivity contribution in [1.82, 2.24) is 0 Å². The lowest BCUT2D eigenvalue weighted by molar-refractivity contribution is 0.442. The van der Waals surface area contributed by atoms with E-state index in [2.05, 4.69) is 40.3 Å². The summed E-state index contributed by atoms with van der Waals surface area (Å²) in [4.78, 5) is 0. The summed E-state index contributed by atoms with van der Waals surface area (Å²) in [6.07, 6.45) is 5.59. The summed E-state index contributed by atoms with van der Waals surface area (Å²) in [5.74, 6) is 1.62. The van der Waals surface area contributed by atoms with Gasteiger partial charge in [-0.1, -0.05) is 37.6 Å². The highest BCUT2D eigenvalue weighted by atomic mass is 16.5. The average molecular weight is 244 g/mol. The quantitative estimate of drug-likeness (QED) is 0.485. The van der Waals surface area contributed by atoms with Gasteiger partial charge in [-0.15, -0.1) is 0 Å². The Labute approximate surface area is 111 Å². The third-order valence-electron chi connectivity index (χ3n) is 3.13. The van der Waals surface area contributed by atoms with Crippen molar-refractivity contribution in [3.8, 4) is 5.75 Å². The molecule has 0 spiro atoms. The molecular formula is C17H24O. The Morgan fingerprint density at radius 3 is 2.72 bits per heavy atom. The maximum atomic E-state index is 5.81. The summed E-state index contributed by atoms with van der Waals surface area (Å²) in [7, 11) is 0. The van der Waals surface area contributed by atoms with Gasteiger partial charge in [0.2, 0.25) is 0 Å². The Balaban J connectivity index is 2.67. The van der Waals surface area contributed by atoms with E-state index in [0.717, 1.165) is 17.9 Å². The third-order valence-corrected chi connectivity index (χ3v) is 3.13. The van der Waals surface area contributed by atoms with E-state index in [1.54, 1.807) is 0 Å². The molecular weight excluding hydrogens is 220 g/mol. The molecule has 1 rings (SSSR count). The van der Waals surface area contributed by atoms with Gasteiger partial charge < -0.3 is 4.74 Å². The van der Waals surface area contributed by atoms with Crippen molar-refractivity contribution in [2.24, 2.45) is 0 Å². The number of benzene rings is 1. The lowest BCUT2D eigenvalue weighted by Crippen LogP contribution is -1.95. The summed E-state index contributed by atoms with van der Waals surface area (Å²) in [5, 5.41) is 0. The van der Waals surface area contributed by atoms with Crippen LogP contribution in [0.3, 0.4) is 0 Å². The highest BCUT2D eigenvalue weighted by molar-refractivity contribution is 5.39. The maximum Gasteiger partial charge on any atom is 0.130 e. The fraction of sp³-hybridized carbons (Fsp3) is 0.412. The Morgan fingerprint density at radius 1 is 1.33 bits per heavy atom. The first-order valence-electron chi connectivity index (χ1n) is 6.64. The number of rotatable bonds is 6. The first kappa shape index (κ1) is 14.6. The normalized spacial score (nSPS) is 11.4. The van der Waals surface area contributed by atoms with Gasteiger partial charge in [0.25, 0.3) is 0 Å². The molecule has 1 aromatic carbocycles. The molecule has 0 fully saturated rings. The molecule has 1 heteroatoms. The molecule has 0 saturated carbocycles. The Hall–Kier alpha value is -1.50. The summed E-state index contributed by atoms with van der Waals surface area (Å²) < 4.78 is 5.81. The van der Waals surface area contributed by atoms with Crippen LogP contribution in [0.5, 0.6) is 5.75 Å². The Bertz CT molecular complexity index is 441. The molecule has 0 saturated heterocycles. The van der Waals surface area contributed by atoms with Crippen molar-refractivity contribution < 1.29 is 4.74 Å². The van der Waals surface area contributed by atoms with Gasteiger partial charge in [-0.05, 0) is 56.9 Å². The Kier molecular flexibility index (Phi) is 5.70. The predicted octanol–water partition coefficient (Wildman–Crippen LogP) is 5.33. The van der Waals surface area contributed by atoms with Gasteiger partial charge in [-0.25, -0.2) is 0 Å². The van der Waals surface area contributed by atoms with Crippen LogP contribution in [0.1, 0.15) is 44.2 Å². The first-order valence-corrected chi connectivity index (χ1v) is 6.64. The van der Waals surface area contributed by atoms with Gasteiger partial charge in [-0.3, -0.25) is 0 Å². The molecule has 0 atom stereocenters. The average Bonchev–Trinajstić information content (AvgIpc) is 2.32. The maximum absolute atomic E-state index is 5.81. The number of unbranched alkanes of at least 4 members (excludes halogenated alkanes) is 1. The van der Waals surface area contributed by atoms with Crippen molar-refractivity contribution in [1.29, 1.82) is 0 Å². The smallest absolute Gasteiger partial charge is 0.130 e. The van der Waals surface area contributed by atoms with Crippen molar-refractivity contribution in [2.75, 3.05) is 0 Å². The predicted molar refractivity (Wildman–Crippen MR) is 79.0 cm³/mol. The van der Waals surface area contributed by atoms with Gasteiger partial charge in [0.15, 0.2) is 0 Å². The van der Waals surface area contributed by atoms with Crippen molar-refractivity contribution in [3.05, 3.63) is 53.3 Å². The number of ether oxygens (including phenoxy) is 1. The van der Waals surface area contributed by atoms with Crippen molar-refractivity contribution >= 4 is 0 Å². The van der Waals surface area contributed by atoms with Crippen molar-refractivity contribution in [3.63, 3.8) is 0 Å². The molecule has 1 nitrogen and oxygen atoms in total. The van der Waals surface area contributed by atoms with E-state index in [1.165, 1.54) is 29.5 Å². The fourth-order valence-electron chi connectivity index (χ4n) is 1.81. The number of allylic oxidation sites excluding steroid dienone is 2. The van der Waals surface area contributed by atoms with Gasteiger partial charge in [0, 0.05) is 0 Å². The zero-order valence-corrected chi connectivity index (χ0v) is 12.0. The van der Waals surface area contributed by atoms with Crippen LogP contribution in [0, 0.1) is 13.8 Å². The van der Waals surface area contributed by atoms with E-state index in [0.29, 0.717) is 0 Å². The second-order valence-electron chi connectivity index (χ2n) is 4.86. The second kappa shape index (κ2) is 7.05. The molecule has 0 aliphatic rings. The topological polar surface area (TPSA) is 9.23 Å². The first-order chi connectivity index (χ1) is 8.54. The standard InChI is InChI=1S/C17H24O/c1-6-7-9-13(2)12-15(4)18-17-11-8-10-14(3)16(17)5/h8,10-12H,4,6-7,9H2,1-3,5H3. The van der Waals surface area contributed by atoms with Crippen LogP contribution in [0.25, 0.3) is 0 Å². The molecule has 0 bridgehead atoms. The van der Waals surface area contributed by atoms with Crippen LogP contribution in [0.4, 0.5) is 0 Å². The summed E-state index contributed by atoms with van der Waals surface area (Å²) in [6.45, 7) is 12.5. The van der Waals surface area contributed by atoms with E-state index in [-0.39, 0.29) is 0 Å². The van der Waals surface area contributed by atoms with E-state index in [1.807, 2.05) is 18.2 Å². The molecule has 0 N–H and O–H groups in total. The van der Waals surface area contributed by atoms with E-state index >= 15 is 0 Å². The SMILES string of the molecule is C=C(C=C(C)CCCC)Oc1cccc(C)c1C. The number of hydrogen-bond acceptors (Lipinski definition) is 1. The fourth-order valence-corrected chi connectivity index (χ4v) is 1.81. The van der Waals surface area contributed by atoms with Gasteiger partial charge in [0.1, 0.15) is 11.5 Å². The minimum atomic E-state index is 0.720. The zero-order valence-electron chi connectivity index (χ0n) is 12.0. The number of aryl methyl sites for hydroxylation is 1. The van der Waals surface area contributed by atoms with Crippen LogP contribution >= 0.6 is 0 Å². The Morgan fingerprint density at radius 2 is 2.06 bits per heavy atom. The molecule has 0 aliphatic heterocycles. The zero-order chi connectivity index (χ0) is 13.5. The van der Waals surface area contributed by atoms with Gasteiger partial charge in [0.05, 0.1) is 0 Å². The lowest BCUT2D eigenvalue weighted by Gasteiger charge is -2.11. The van der Waals surface area contributed by atoms with Crippen LogP contribution < -0.4 is 4.74 Å². The molecule has 0 aliphatic carbocycles. The van der Waals surface area contributed by atoms with Crippen molar-refractivity contribution in [2.45, 2.75) is 47.0 Å². The summed E-state index contributed by atoms with van der Waals surface area (Å²) >= 11 is 0. The van der Waals surface area contributed by atoms with Crippen LogP contribution in [-0.4, -0.2) is 0 Å². The highest BCUT2D eigenvalue weighted by Gasteiger charge is 2.03. The van der Waals surface area contributed by atoms with E-state index in [9.17, 15) is 0 Å². The van der Waals surface area contributed by atoms with E-state index in [4.69, 9.17) is 4.74 Å². The third kappa shape index (κ3) is 4.40. The lowest BCUT2D eigenvalue weighted by atomic mass is 10.1. The molecule has 18 heavy (non-hydrogen) atoms. The molecule has 0 heterocycles. The number of hydrogen-bond donors (Lipinski definition) is 0. The van der Waals surface area contributed by atoms with Gasteiger partial charge >= 0.3 is 0 Å². The second-order valence-corrected chi connectivity index (χ2v) is 4.86. The highest BCUT2D eigenvalue weighted by Crippen LogP contribution is 2.23. The molecule has 0 unspecified atom stereocenters. The van der Waals surface area contributed by atoms with E-state index < -0.39 is 0 Å². The summed E-state index contributed by atoms with van der Waals surface area (Å²) in [5.41, 5.74) is 3.75. The molecule has 0 aromatic heterocycles. The van der Waals surface area contributed by atoms with Crippen LogP contribution in [0.2, 0.25) is 0 Å². The minimum Gasteiger partial charge on any atom is -0.458 e. The minimum absolute atomic E-state index is 0.720. The molecule has 0 amide bonds. The monoisotopic (exact) mass is 244 g/mol. The summed E-state index contributed by atoms with van der Waals surface area (Å²) in [6, 6.07) is 6.09. The van der Waals surface area contributed by atoms with Crippen LogP contribution in [-0.2, 0) is 0 Å². The molecule has 0 radical (unpaired) electrons. The van der Waals surface area contributed by atoms with Crippen LogP contribution in [0.15, 0.2) is 42.2 Å². The molecule has 98 valence electrons. The largest absolute Gasteiger partial charge is 0.458 e. The molecule has 1 aromatic rings. The van der Waals surface area contributed by atoms with Gasteiger partial charge in [-0.2, -0.15) is 0 Å².